The van der Waals surface area contributed by atoms with Crippen molar-refractivity contribution in [2.45, 2.75) is 77.2 Å². The number of likely N-dealkylation sites (tertiary alicyclic amines) is 1. The molecule has 1 heterocycles. The van der Waals surface area contributed by atoms with Crippen LogP contribution in [0.4, 0.5) is 4.79 Å². The molecule has 6 heteroatoms. The highest BCUT2D eigenvalue weighted by Gasteiger charge is 2.36. The highest BCUT2D eigenvalue weighted by atomic mass is 35.5. The third kappa shape index (κ3) is 8.22. The number of ether oxygens (including phenoxy) is 2. The quantitative estimate of drug-likeness (QED) is 0.291. The number of hydrogen-bond acceptors (Lipinski definition) is 4. The molecule has 0 radical (unpaired) electrons. The van der Waals surface area contributed by atoms with Crippen LogP contribution in [0.2, 0.25) is 0 Å². The maximum Gasteiger partial charge on any atom is 0.410 e. The number of halogens is 1. The van der Waals surface area contributed by atoms with Gasteiger partial charge in [-0.25, -0.2) is 9.59 Å². The summed E-state index contributed by atoms with van der Waals surface area (Å²) in [6.45, 7) is 3.36. The molecular weight excluding hydrogens is 330 g/mol. The number of carbonyl (C=O) groups is 2. The zero-order valence-corrected chi connectivity index (χ0v) is 15.7. The van der Waals surface area contributed by atoms with Gasteiger partial charge in [0.1, 0.15) is 12.6 Å². The molecule has 140 valence electrons. The van der Waals surface area contributed by atoms with E-state index in [9.17, 15) is 9.59 Å². The van der Waals surface area contributed by atoms with Crippen LogP contribution in [0.5, 0.6) is 0 Å². The van der Waals surface area contributed by atoms with Gasteiger partial charge in [-0.1, -0.05) is 51.9 Å². The van der Waals surface area contributed by atoms with Crippen LogP contribution < -0.4 is 0 Å². The molecule has 1 saturated heterocycles. The first-order chi connectivity index (χ1) is 11.7. The predicted molar refractivity (Wildman–Crippen MR) is 95.4 cm³/mol. The fourth-order valence-electron chi connectivity index (χ4n) is 2.94. The largest absolute Gasteiger partial charge is 0.464 e. The van der Waals surface area contributed by atoms with Crippen molar-refractivity contribution in [1.29, 1.82) is 0 Å². The van der Waals surface area contributed by atoms with Gasteiger partial charge < -0.3 is 9.47 Å². The second-order valence-corrected chi connectivity index (χ2v) is 6.68. The van der Waals surface area contributed by atoms with E-state index in [0.29, 0.717) is 19.6 Å². The van der Waals surface area contributed by atoms with Gasteiger partial charge in [-0.05, 0) is 19.3 Å². The second kappa shape index (κ2) is 13.3. The third-order valence-corrected chi connectivity index (χ3v) is 4.46. The summed E-state index contributed by atoms with van der Waals surface area (Å²) in [5.41, 5.74) is 0. The molecule has 1 unspecified atom stereocenters. The zero-order chi connectivity index (χ0) is 17.6. The Bertz CT molecular complexity index is 365. The summed E-state index contributed by atoms with van der Waals surface area (Å²) in [6.07, 6.45) is 10.6. The highest BCUT2D eigenvalue weighted by Crippen LogP contribution is 2.20. The Morgan fingerprint density at radius 2 is 1.67 bits per heavy atom. The fraction of sp³-hybridized carbons (Fsp3) is 0.889. The number of amides is 1. The molecule has 1 aliphatic heterocycles. The number of alkyl halides is 1. The summed E-state index contributed by atoms with van der Waals surface area (Å²) >= 11 is 5.51. The normalized spacial score (nSPS) is 17.1. The van der Waals surface area contributed by atoms with E-state index in [4.69, 9.17) is 21.1 Å². The Balaban J connectivity index is 2.12. The molecule has 0 bridgehead atoms. The van der Waals surface area contributed by atoms with Crippen molar-refractivity contribution in [2.24, 2.45) is 0 Å². The summed E-state index contributed by atoms with van der Waals surface area (Å²) in [5, 5.41) is 0. The minimum atomic E-state index is -0.498. The Labute approximate surface area is 151 Å². The summed E-state index contributed by atoms with van der Waals surface area (Å²) in [5.74, 6) is -0.0501. The van der Waals surface area contributed by atoms with E-state index in [2.05, 4.69) is 6.92 Å². The van der Waals surface area contributed by atoms with E-state index in [0.717, 1.165) is 19.3 Å². The maximum absolute atomic E-state index is 12.1. The van der Waals surface area contributed by atoms with Gasteiger partial charge in [0.2, 0.25) is 0 Å². The van der Waals surface area contributed by atoms with Gasteiger partial charge in [-0.3, -0.25) is 4.90 Å². The van der Waals surface area contributed by atoms with Crippen LogP contribution in [0.15, 0.2) is 0 Å². The summed E-state index contributed by atoms with van der Waals surface area (Å²) in [7, 11) is 0. The van der Waals surface area contributed by atoms with E-state index < -0.39 is 12.1 Å². The minimum absolute atomic E-state index is 0.164. The lowest BCUT2D eigenvalue weighted by atomic mass is 10.1. The van der Waals surface area contributed by atoms with E-state index in [1.54, 1.807) is 0 Å². The van der Waals surface area contributed by atoms with Gasteiger partial charge in [0.15, 0.2) is 0 Å². The van der Waals surface area contributed by atoms with Gasteiger partial charge in [0, 0.05) is 6.54 Å². The van der Waals surface area contributed by atoms with Gasteiger partial charge >= 0.3 is 12.1 Å². The van der Waals surface area contributed by atoms with Gasteiger partial charge in [-0.2, -0.15) is 0 Å². The Kier molecular flexibility index (Phi) is 11.7. The average Bonchev–Trinajstić information content (AvgIpc) is 3.08. The second-order valence-electron chi connectivity index (χ2n) is 6.30. The molecule has 0 aromatic carbocycles. The molecule has 0 aromatic heterocycles. The number of unbranched alkanes of at least 4 members (excludes halogenated alkanes) is 7. The lowest BCUT2D eigenvalue weighted by molar-refractivity contribution is -0.148. The minimum Gasteiger partial charge on any atom is -0.464 e. The van der Waals surface area contributed by atoms with Crippen LogP contribution in [-0.2, 0) is 14.3 Å². The van der Waals surface area contributed by atoms with Crippen LogP contribution in [0.3, 0.4) is 0 Å². The molecule has 0 saturated carbocycles. The van der Waals surface area contributed by atoms with E-state index in [-0.39, 0.29) is 18.5 Å². The van der Waals surface area contributed by atoms with Crippen LogP contribution in [0.1, 0.15) is 71.1 Å². The summed E-state index contributed by atoms with van der Waals surface area (Å²) in [6, 6.07) is -0.498. The Hall–Kier alpha value is -0.970. The summed E-state index contributed by atoms with van der Waals surface area (Å²) < 4.78 is 10.3. The number of nitrogens with zero attached hydrogens (tertiary/aromatic N) is 1. The number of hydrogen-bond donors (Lipinski definition) is 0. The highest BCUT2D eigenvalue weighted by molar-refractivity contribution is 6.18. The van der Waals surface area contributed by atoms with Crippen molar-refractivity contribution < 1.29 is 19.1 Å². The van der Waals surface area contributed by atoms with E-state index >= 15 is 0 Å². The first-order valence-corrected chi connectivity index (χ1v) is 9.90. The molecule has 1 rings (SSSR count). The van der Waals surface area contributed by atoms with Crippen LogP contribution in [-0.4, -0.2) is 48.6 Å². The maximum atomic E-state index is 12.1. The Morgan fingerprint density at radius 3 is 2.33 bits per heavy atom. The lowest BCUT2D eigenvalue weighted by Crippen LogP contribution is -2.42. The topological polar surface area (TPSA) is 55.8 Å². The fourth-order valence-corrected chi connectivity index (χ4v) is 3.02. The molecule has 0 spiro atoms. The SMILES string of the molecule is CCCCCCCCCCOC(=O)C1CCCN1C(=O)OCCCl. The predicted octanol–water partition coefficient (Wildman–Crippen LogP) is 4.51. The van der Waals surface area contributed by atoms with Crippen molar-refractivity contribution in [2.75, 3.05) is 25.6 Å². The molecule has 1 fully saturated rings. The van der Waals surface area contributed by atoms with Gasteiger partial charge in [0.25, 0.3) is 0 Å². The van der Waals surface area contributed by atoms with Crippen molar-refractivity contribution in [3.63, 3.8) is 0 Å². The number of esters is 1. The number of carbonyl (C=O) groups excluding carboxylic acids is 2. The van der Waals surface area contributed by atoms with Crippen LogP contribution in [0.25, 0.3) is 0 Å². The monoisotopic (exact) mass is 361 g/mol. The molecule has 1 aliphatic rings. The zero-order valence-electron chi connectivity index (χ0n) is 14.9. The van der Waals surface area contributed by atoms with E-state index in [1.807, 2.05) is 0 Å². The third-order valence-electron chi connectivity index (χ3n) is 4.30. The molecule has 0 aromatic rings. The Morgan fingerprint density at radius 1 is 1.00 bits per heavy atom. The smallest absolute Gasteiger partial charge is 0.410 e. The molecule has 24 heavy (non-hydrogen) atoms. The molecule has 1 amide bonds. The molecule has 0 aliphatic carbocycles. The van der Waals surface area contributed by atoms with Crippen molar-refractivity contribution >= 4 is 23.7 Å². The number of rotatable bonds is 12. The standard InChI is InChI=1S/C18H32ClNO4/c1-2-3-4-5-6-7-8-9-14-23-17(21)16-11-10-13-20(16)18(22)24-15-12-19/h16H,2-15H2,1H3. The van der Waals surface area contributed by atoms with Crippen molar-refractivity contribution in [3.05, 3.63) is 0 Å². The summed E-state index contributed by atoms with van der Waals surface area (Å²) in [4.78, 5) is 25.5. The molecule has 0 N–H and O–H groups in total. The van der Waals surface area contributed by atoms with Gasteiger partial charge in [0.05, 0.1) is 12.5 Å². The first-order valence-electron chi connectivity index (χ1n) is 9.36. The van der Waals surface area contributed by atoms with E-state index in [1.165, 1.54) is 43.4 Å². The average molecular weight is 362 g/mol. The molecule has 1 atom stereocenters. The van der Waals surface area contributed by atoms with Crippen LogP contribution >= 0.6 is 11.6 Å². The van der Waals surface area contributed by atoms with Crippen molar-refractivity contribution in [3.8, 4) is 0 Å². The van der Waals surface area contributed by atoms with Gasteiger partial charge in [-0.15, -0.1) is 11.6 Å². The van der Waals surface area contributed by atoms with Crippen molar-refractivity contribution in [1.82, 2.24) is 4.90 Å². The molecular formula is C18H32ClNO4. The lowest BCUT2D eigenvalue weighted by Gasteiger charge is -2.22. The molecule has 5 nitrogen and oxygen atoms in total. The first kappa shape index (κ1) is 21.1. The van der Waals surface area contributed by atoms with Crippen LogP contribution in [0, 0.1) is 0 Å².